The van der Waals surface area contributed by atoms with Crippen LogP contribution in [0.5, 0.6) is 0 Å². The first-order chi connectivity index (χ1) is 8.40. The lowest BCUT2D eigenvalue weighted by atomic mass is 10.0. The molecule has 1 fully saturated rings. The zero-order valence-electron chi connectivity index (χ0n) is 9.58. The molecule has 2 atom stereocenters. The Kier molecular flexibility index (Phi) is 2.68. The van der Waals surface area contributed by atoms with Gasteiger partial charge in [-0.1, -0.05) is 6.42 Å². The van der Waals surface area contributed by atoms with Gasteiger partial charge in [-0.05, 0) is 12.8 Å². The number of aromatic amines is 1. The zero-order chi connectivity index (χ0) is 11.7. The molecule has 1 aliphatic rings. The minimum Gasteiger partial charge on any atom is -0.396 e. The fourth-order valence-corrected chi connectivity index (χ4v) is 2.76. The van der Waals surface area contributed by atoms with Gasteiger partial charge in [0.1, 0.15) is 5.69 Å². The molecule has 0 radical (unpaired) electrons. The summed E-state index contributed by atoms with van der Waals surface area (Å²) in [6, 6.07) is 0.362. The fraction of sp³-hybridized carbons (Fsp3) is 0.500. The predicted octanol–water partition coefficient (Wildman–Crippen LogP) is 1.61. The molecule has 0 saturated heterocycles. The standard InChI is InChI=1S/C12H16N4O/c17-7-9-2-1-3-11(9)16-5-4-14-12(16)10-6-13-8-15-10/h4-6,8-9,11,17H,1-3,7H2,(H,13,15)/t9-,11-/m0/s1. The van der Waals surface area contributed by atoms with Crippen molar-refractivity contribution in [3.8, 4) is 11.5 Å². The van der Waals surface area contributed by atoms with Crippen molar-refractivity contribution in [2.75, 3.05) is 6.61 Å². The number of hydrogen-bond donors (Lipinski definition) is 2. The second-order valence-corrected chi connectivity index (χ2v) is 4.56. The van der Waals surface area contributed by atoms with Gasteiger partial charge in [-0.15, -0.1) is 0 Å². The van der Waals surface area contributed by atoms with Crippen LogP contribution in [-0.4, -0.2) is 31.2 Å². The molecular formula is C12H16N4O. The van der Waals surface area contributed by atoms with Crippen LogP contribution in [0.1, 0.15) is 25.3 Å². The van der Waals surface area contributed by atoms with Crippen molar-refractivity contribution in [2.24, 2.45) is 5.92 Å². The normalized spacial score (nSPS) is 24.3. The third-order valence-electron chi connectivity index (χ3n) is 3.62. The van der Waals surface area contributed by atoms with Gasteiger partial charge < -0.3 is 14.7 Å². The van der Waals surface area contributed by atoms with Crippen LogP contribution in [0.3, 0.4) is 0 Å². The summed E-state index contributed by atoms with van der Waals surface area (Å²) in [6.07, 6.45) is 10.6. The number of nitrogens with zero attached hydrogens (tertiary/aromatic N) is 3. The van der Waals surface area contributed by atoms with Crippen LogP contribution in [-0.2, 0) is 0 Å². The van der Waals surface area contributed by atoms with Crippen molar-refractivity contribution in [1.29, 1.82) is 0 Å². The maximum atomic E-state index is 9.40. The fourth-order valence-electron chi connectivity index (χ4n) is 2.76. The third kappa shape index (κ3) is 1.76. The molecule has 5 heteroatoms. The Morgan fingerprint density at radius 3 is 3.18 bits per heavy atom. The van der Waals surface area contributed by atoms with Crippen LogP contribution in [0.25, 0.3) is 11.5 Å². The van der Waals surface area contributed by atoms with E-state index in [0.29, 0.717) is 12.0 Å². The first-order valence-electron chi connectivity index (χ1n) is 6.02. The molecule has 3 rings (SSSR count). The van der Waals surface area contributed by atoms with Gasteiger partial charge in [0.2, 0.25) is 0 Å². The largest absolute Gasteiger partial charge is 0.396 e. The molecule has 2 aromatic heterocycles. The van der Waals surface area contributed by atoms with Gasteiger partial charge in [-0.2, -0.15) is 0 Å². The Morgan fingerprint density at radius 1 is 1.47 bits per heavy atom. The molecule has 2 N–H and O–H groups in total. The van der Waals surface area contributed by atoms with E-state index in [0.717, 1.165) is 24.4 Å². The minimum atomic E-state index is 0.255. The maximum Gasteiger partial charge on any atom is 0.158 e. The van der Waals surface area contributed by atoms with Crippen LogP contribution in [0.2, 0.25) is 0 Å². The highest BCUT2D eigenvalue weighted by molar-refractivity contribution is 5.48. The molecule has 2 aromatic rings. The van der Waals surface area contributed by atoms with E-state index in [-0.39, 0.29) is 6.61 Å². The van der Waals surface area contributed by atoms with Crippen molar-refractivity contribution in [1.82, 2.24) is 19.5 Å². The Balaban J connectivity index is 1.96. The van der Waals surface area contributed by atoms with Crippen LogP contribution in [0.4, 0.5) is 0 Å². The van der Waals surface area contributed by atoms with Gasteiger partial charge in [0.15, 0.2) is 5.82 Å². The highest BCUT2D eigenvalue weighted by Gasteiger charge is 2.29. The lowest BCUT2D eigenvalue weighted by molar-refractivity contribution is 0.196. The smallest absolute Gasteiger partial charge is 0.158 e. The monoisotopic (exact) mass is 232 g/mol. The molecule has 0 bridgehead atoms. The van der Waals surface area contributed by atoms with Gasteiger partial charge in [0.25, 0.3) is 0 Å². The SMILES string of the molecule is OC[C@@H]1CCC[C@@H]1n1ccnc1-c1cnc[nH]1. The Morgan fingerprint density at radius 2 is 2.41 bits per heavy atom. The number of aliphatic hydroxyl groups is 1. The lowest BCUT2D eigenvalue weighted by Crippen LogP contribution is -2.17. The Labute approximate surface area is 99.5 Å². The minimum absolute atomic E-state index is 0.255. The zero-order valence-corrected chi connectivity index (χ0v) is 9.58. The van der Waals surface area contributed by atoms with E-state index in [1.807, 2.05) is 12.4 Å². The topological polar surface area (TPSA) is 66.7 Å². The summed E-state index contributed by atoms with van der Waals surface area (Å²) < 4.78 is 2.17. The summed E-state index contributed by atoms with van der Waals surface area (Å²) in [5.74, 6) is 1.26. The van der Waals surface area contributed by atoms with Crippen LogP contribution >= 0.6 is 0 Å². The van der Waals surface area contributed by atoms with Crippen molar-refractivity contribution >= 4 is 0 Å². The number of nitrogens with one attached hydrogen (secondary N) is 1. The summed E-state index contributed by atoms with van der Waals surface area (Å²) in [7, 11) is 0. The maximum absolute atomic E-state index is 9.40. The van der Waals surface area contributed by atoms with Crippen molar-refractivity contribution in [3.63, 3.8) is 0 Å². The van der Waals surface area contributed by atoms with Gasteiger partial charge in [0, 0.05) is 31.0 Å². The van der Waals surface area contributed by atoms with Gasteiger partial charge >= 0.3 is 0 Å². The molecule has 1 aliphatic carbocycles. The van der Waals surface area contributed by atoms with E-state index < -0.39 is 0 Å². The van der Waals surface area contributed by atoms with E-state index in [2.05, 4.69) is 19.5 Å². The van der Waals surface area contributed by atoms with Crippen molar-refractivity contribution < 1.29 is 5.11 Å². The molecule has 0 spiro atoms. The average Bonchev–Trinajstić information content (AvgIpc) is 3.09. The summed E-state index contributed by atoms with van der Waals surface area (Å²) in [4.78, 5) is 11.5. The second-order valence-electron chi connectivity index (χ2n) is 4.56. The summed E-state index contributed by atoms with van der Waals surface area (Å²) in [6.45, 7) is 0.255. The summed E-state index contributed by atoms with van der Waals surface area (Å²) in [5, 5.41) is 9.40. The van der Waals surface area contributed by atoms with E-state index in [1.165, 1.54) is 6.42 Å². The molecule has 0 amide bonds. The highest BCUT2D eigenvalue weighted by atomic mass is 16.3. The lowest BCUT2D eigenvalue weighted by Gasteiger charge is -2.20. The van der Waals surface area contributed by atoms with E-state index >= 15 is 0 Å². The third-order valence-corrected chi connectivity index (χ3v) is 3.62. The molecule has 5 nitrogen and oxygen atoms in total. The molecule has 0 aliphatic heterocycles. The molecule has 17 heavy (non-hydrogen) atoms. The quantitative estimate of drug-likeness (QED) is 0.844. The molecular weight excluding hydrogens is 216 g/mol. The van der Waals surface area contributed by atoms with E-state index in [9.17, 15) is 5.11 Å². The van der Waals surface area contributed by atoms with Crippen LogP contribution in [0, 0.1) is 5.92 Å². The molecule has 0 unspecified atom stereocenters. The second kappa shape index (κ2) is 4.33. The van der Waals surface area contributed by atoms with Gasteiger partial charge in [-0.3, -0.25) is 0 Å². The van der Waals surface area contributed by atoms with Crippen LogP contribution < -0.4 is 0 Å². The predicted molar refractivity (Wildman–Crippen MR) is 63.3 cm³/mol. The first-order valence-corrected chi connectivity index (χ1v) is 6.02. The molecule has 90 valence electrons. The molecule has 1 saturated carbocycles. The molecule has 0 aromatic carbocycles. The Hall–Kier alpha value is -1.62. The number of aliphatic hydroxyl groups excluding tert-OH is 1. The number of aromatic nitrogens is 4. The molecule has 2 heterocycles. The van der Waals surface area contributed by atoms with Gasteiger partial charge in [-0.25, -0.2) is 9.97 Å². The van der Waals surface area contributed by atoms with Crippen molar-refractivity contribution in [3.05, 3.63) is 24.9 Å². The Bertz CT molecular complexity index is 476. The van der Waals surface area contributed by atoms with E-state index in [1.54, 1.807) is 12.5 Å². The van der Waals surface area contributed by atoms with Gasteiger partial charge in [0.05, 0.1) is 12.5 Å². The number of rotatable bonds is 3. The van der Waals surface area contributed by atoms with E-state index in [4.69, 9.17) is 0 Å². The average molecular weight is 232 g/mol. The number of imidazole rings is 2. The van der Waals surface area contributed by atoms with Crippen molar-refractivity contribution in [2.45, 2.75) is 25.3 Å². The summed E-state index contributed by atoms with van der Waals surface area (Å²) in [5.41, 5.74) is 0.929. The summed E-state index contributed by atoms with van der Waals surface area (Å²) >= 11 is 0. The first kappa shape index (κ1) is 10.5. The highest BCUT2D eigenvalue weighted by Crippen LogP contribution is 2.37. The number of hydrogen-bond acceptors (Lipinski definition) is 3. The van der Waals surface area contributed by atoms with Crippen LogP contribution in [0.15, 0.2) is 24.9 Å². The number of H-pyrrole nitrogens is 1.